The van der Waals surface area contributed by atoms with E-state index in [9.17, 15) is 4.79 Å². The van der Waals surface area contributed by atoms with E-state index in [0.29, 0.717) is 22.2 Å². The topological polar surface area (TPSA) is 65.5 Å². The van der Waals surface area contributed by atoms with Crippen LogP contribution in [0.15, 0.2) is 71.8 Å². The fourth-order valence-electron chi connectivity index (χ4n) is 3.38. The van der Waals surface area contributed by atoms with Crippen LogP contribution in [0.4, 0.5) is 16.2 Å². The first-order valence-electron chi connectivity index (χ1n) is 9.50. The molecule has 0 bridgehead atoms. The summed E-state index contributed by atoms with van der Waals surface area (Å²) in [5, 5.41) is 12.0. The van der Waals surface area contributed by atoms with Crippen molar-refractivity contribution in [2.24, 2.45) is 5.10 Å². The number of hydrazone groups is 1. The van der Waals surface area contributed by atoms with Crippen LogP contribution >= 0.6 is 23.2 Å². The summed E-state index contributed by atoms with van der Waals surface area (Å²) in [5.41, 5.74) is 8.23. The van der Waals surface area contributed by atoms with E-state index >= 15 is 0 Å². The van der Waals surface area contributed by atoms with E-state index in [2.05, 4.69) is 27.2 Å². The van der Waals surface area contributed by atoms with Gasteiger partial charge in [0.1, 0.15) is 0 Å². The number of rotatable bonds is 3. The Bertz CT molecular complexity index is 1100. The first-order chi connectivity index (χ1) is 14.5. The largest absolute Gasteiger partial charge is 0.377 e. The van der Waals surface area contributed by atoms with Gasteiger partial charge >= 0.3 is 6.03 Å². The Balaban J connectivity index is 1.56. The first-order valence-corrected chi connectivity index (χ1v) is 10.3. The predicted octanol–water partition coefficient (Wildman–Crippen LogP) is 6.38. The van der Waals surface area contributed by atoms with Crippen LogP contribution in [-0.2, 0) is 0 Å². The molecule has 152 valence electrons. The zero-order valence-electron chi connectivity index (χ0n) is 16.2. The highest BCUT2D eigenvalue weighted by atomic mass is 35.5. The predicted molar refractivity (Wildman–Crippen MR) is 124 cm³/mol. The maximum atomic E-state index is 12.3. The molecule has 7 heteroatoms. The van der Waals surface area contributed by atoms with Gasteiger partial charge in [0.2, 0.25) is 0 Å². The molecule has 0 radical (unpaired) electrons. The average Bonchev–Trinajstić information content (AvgIpc) is 2.74. The highest BCUT2D eigenvalue weighted by molar-refractivity contribution is 6.30. The van der Waals surface area contributed by atoms with Gasteiger partial charge in [-0.05, 0) is 61.0 Å². The van der Waals surface area contributed by atoms with Gasteiger partial charge in [-0.25, -0.2) is 10.2 Å². The van der Waals surface area contributed by atoms with E-state index in [0.717, 1.165) is 28.1 Å². The second-order valence-electron chi connectivity index (χ2n) is 7.13. The third-order valence-corrected chi connectivity index (χ3v) is 5.38. The number of amides is 2. The number of carbonyl (C=O) groups is 1. The molecule has 0 fully saturated rings. The Morgan fingerprint density at radius 3 is 2.37 bits per heavy atom. The molecule has 2 amide bonds. The van der Waals surface area contributed by atoms with E-state index in [-0.39, 0.29) is 6.04 Å². The van der Waals surface area contributed by atoms with Crippen LogP contribution < -0.4 is 16.1 Å². The molecule has 1 aliphatic heterocycles. The van der Waals surface area contributed by atoms with Gasteiger partial charge in [0, 0.05) is 33.4 Å². The number of nitrogens with zero attached hydrogens (tertiary/aromatic N) is 1. The number of nitrogens with one attached hydrogen (secondary N) is 3. The second kappa shape index (κ2) is 8.78. The molecular formula is C23H20Cl2N4O. The minimum absolute atomic E-state index is 0.0253. The average molecular weight is 439 g/mol. The summed E-state index contributed by atoms with van der Waals surface area (Å²) in [6.07, 6.45) is 0.624. The summed E-state index contributed by atoms with van der Waals surface area (Å²) in [6.45, 7) is 2.03. The minimum Gasteiger partial charge on any atom is -0.377 e. The standard InChI is InChI=1S/C23H20Cl2N4O/c1-14-2-11-20-19(12-14)22(13-21(27-20)15-3-5-16(24)6-4-15)28-29-23(30)26-18-9-7-17(25)8-10-18/h2-12,21,27H,13H2,1H3,(H2,26,29,30). The number of aryl methyl sites for hydroxylation is 1. The number of hydrogen-bond acceptors (Lipinski definition) is 3. The van der Waals surface area contributed by atoms with Gasteiger partial charge in [0.25, 0.3) is 0 Å². The van der Waals surface area contributed by atoms with Crippen molar-refractivity contribution in [2.45, 2.75) is 19.4 Å². The second-order valence-corrected chi connectivity index (χ2v) is 8.01. The number of anilines is 2. The molecule has 1 heterocycles. The first kappa shape index (κ1) is 20.3. The summed E-state index contributed by atoms with van der Waals surface area (Å²) in [7, 11) is 0. The van der Waals surface area contributed by atoms with Crippen LogP contribution in [-0.4, -0.2) is 11.7 Å². The molecule has 5 nitrogen and oxygen atoms in total. The number of carbonyl (C=O) groups excluding carboxylic acids is 1. The number of urea groups is 1. The Morgan fingerprint density at radius 2 is 1.67 bits per heavy atom. The lowest BCUT2D eigenvalue weighted by molar-refractivity contribution is 0.252. The van der Waals surface area contributed by atoms with E-state index in [1.165, 1.54) is 0 Å². The molecule has 0 aromatic heterocycles. The van der Waals surface area contributed by atoms with Crippen LogP contribution in [0.5, 0.6) is 0 Å². The quantitative estimate of drug-likeness (QED) is 0.415. The summed E-state index contributed by atoms with van der Waals surface area (Å²) < 4.78 is 0. The fraction of sp³-hybridized carbons (Fsp3) is 0.130. The summed E-state index contributed by atoms with van der Waals surface area (Å²) in [6, 6.07) is 20.4. The van der Waals surface area contributed by atoms with Crippen molar-refractivity contribution < 1.29 is 4.79 Å². The lowest BCUT2D eigenvalue weighted by atomic mass is 9.91. The molecular weight excluding hydrogens is 419 g/mol. The number of fused-ring (bicyclic) bond motifs is 1. The number of hydrogen-bond donors (Lipinski definition) is 3. The van der Waals surface area contributed by atoms with Crippen molar-refractivity contribution in [3.8, 4) is 0 Å². The fourth-order valence-corrected chi connectivity index (χ4v) is 3.63. The molecule has 3 aromatic carbocycles. The molecule has 0 saturated heterocycles. The molecule has 3 N–H and O–H groups in total. The van der Waals surface area contributed by atoms with Gasteiger partial charge in [-0.15, -0.1) is 0 Å². The SMILES string of the molecule is Cc1ccc2c(c1)C(=NNC(=O)Nc1ccc(Cl)cc1)CC(c1ccc(Cl)cc1)N2. The third-order valence-electron chi connectivity index (χ3n) is 4.88. The Labute approximate surface area is 185 Å². The van der Waals surface area contributed by atoms with E-state index in [1.54, 1.807) is 24.3 Å². The van der Waals surface area contributed by atoms with E-state index < -0.39 is 6.03 Å². The Morgan fingerprint density at radius 1 is 1.00 bits per heavy atom. The highest BCUT2D eigenvalue weighted by Crippen LogP contribution is 2.34. The van der Waals surface area contributed by atoms with E-state index in [4.69, 9.17) is 23.2 Å². The van der Waals surface area contributed by atoms with Gasteiger partial charge in [0.15, 0.2) is 0 Å². The maximum Gasteiger partial charge on any atom is 0.339 e. The van der Waals surface area contributed by atoms with Crippen molar-refractivity contribution in [3.05, 3.63) is 93.5 Å². The van der Waals surface area contributed by atoms with Crippen LogP contribution in [0.3, 0.4) is 0 Å². The zero-order valence-corrected chi connectivity index (χ0v) is 17.8. The van der Waals surface area contributed by atoms with Crippen molar-refractivity contribution in [1.29, 1.82) is 0 Å². The summed E-state index contributed by atoms with van der Waals surface area (Å²) in [5.74, 6) is 0. The number of halogens is 2. The minimum atomic E-state index is -0.416. The van der Waals surface area contributed by atoms with Gasteiger partial charge in [-0.2, -0.15) is 5.10 Å². The molecule has 0 saturated carbocycles. The normalized spacial score (nSPS) is 16.5. The molecule has 1 aliphatic rings. The summed E-state index contributed by atoms with van der Waals surface area (Å²) >= 11 is 11.9. The van der Waals surface area contributed by atoms with Crippen molar-refractivity contribution in [3.63, 3.8) is 0 Å². The highest BCUT2D eigenvalue weighted by Gasteiger charge is 2.24. The van der Waals surface area contributed by atoms with Crippen molar-refractivity contribution in [2.75, 3.05) is 10.6 Å². The molecule has 1 atom stereocenters. The number of benzene rings is 3. The summed E-state index contributed by atoms with van der Waals surface area (Å²) in [4.78, 5) is 12.3. The Kier molecular flexibility index (Phi) is 5.93. The van der Waals surface area contributed by atoms with Gasteiger partial charge < -0.3 is 10.6 Å². The molecule has 4 rings (SSSR count). The third kappa shape index (κ3) is 4.75. The van der Waals surface area contributed by atoms with Gasteiger partial charge in [0.05, 0.1) is 11.8 Å². The molecule has 30 heavy (non-hydrogen) atoms. The molecule has 0 spiro atoms. The lowest BCUT2D eigenvalue weighted by Crippen LogP contribution is -2.29. The smallest absolute Gasteiger partial charge is 0.339 e. The van der Waals surface area contributed by atoms with Crippen LogP contribution in [0, 0.1) is 6.92 Å². The molecule has 1 unspecified atom stereocenters. The van der Waals surface area contributed by atoms with Crippen LogP contribution in [0.25, 0.3) is 0 Å². The van der Waals surface area contributed by atoms with Gasteiger partial charge in [-0.1, -0.05) is 47.0 Å². The van der Waals surface area contributed by atoms with E-state index in [1.807, 2.05) is 43.3 Å². The van der Waals surface area contributed by atoms with Gasteiger partial charge in [-0.3, -0.25) is 0 Å². The zero-order chi connectivity index (χ0) is 21.1. The van der Waals surface area contributed by atoms with Crippen molar-refractivity contribution in [1.82, 2.24) is 5.43 Å². The molecule has 3 aromatic rings. The van der Waals surface area contributed by atoms with Crippen LogP contribution in [0.1, 0.15) is 29.2 Å². The Hall–Kier alpha value is -3.02. The maximum absolute atomic E-state index is 12.3. The monoisotopic (exact) mass is 438 g/mol. The lowest BCUT2D eigenvalue weighted by Gasteiger charge is -2.29. The van der Waals surface area contributed by atoms with Crippen LogP contribution in [0.2, 0.25) is 10.0 Å². The molecule has 0 aliphatic carbocycles. The van der Waals surface area contributed by atoms with Crippen molar-refractivity contribution >= 4 is 46.3 Å².